The molecule has 3 nitrogen and oxygen atoms in total. The number of aliphatic hydroxyl groups is 1. The zero-order chi connectivity index (χ0) is 29.3. The zero-order valence-corrected chi connectivity index (χ0v) is 26.9. The van der Waals surface area contributed by atoms with Crippen molar-refractivity contribution in [3.63, 3.8) is 0 Å². The standard InChI is InChI=1S/C37H52O3Si/c1-5-6-7-8-17-24-34(38)36-33-27-29(26-30(33)28-35(36)39)19-12-11-18-25-40-41(37(2,3)4,31-20-13-9-14-21-31)32-22-15-10-16-23-32/h9-10,13-17,20-24,26,30,33-34,36,38H,5-8,11-12,18-19,25,27-28H2,1-4H3/b24-17+/t30-,33-,34-,36-/m0/s1. The Morgan fingerprint density at radius 2 is 1.59 bits per heavy atom. The van der Waals surface area contributed by atoms with Gasteiger partial charge in [0.1, 0.15) is 5.78 Å². The minimum atomic E-state index is -2.46. The minimum absolute atomic E-state index is 0.00535. The summed E-state index contributed by atoms with van der Waals surface area (Å²) in [5.41, 5.74) is 1.49. The second-order valence-electron chi connectivity index (χ2n) is 13.3. The maximum atomic E-state index is 12.7. The number of benzene rings is 2. The lowest BCUT2D eigenvalue weighted by Crippen LogP contribution is -2.66. The first-order chi connectivity index (χ1) is 19.8. The summed E-state index contributed by atoms with van der Waals surface area (Å²) < 4.78 is 7.06. The molecule has 2 aromatic carbocycles. The lowest BCUT2D eigenvalue weighted by molar-refractivity contribution is -0.123. The Labute approximate surface area is 250 Å². The van der Waals surface area contributed by atoms with E-state index in [1.807, 2.05) is 6.08 Å². The summed E-state index contributed by atoms with van der Waals surface area (Å²) in [4.78, 5) is 12.7. The highest BCUT2D eigenvalue weighted by Gasteiger charge is 2.50. The first kappa shape index (κ1) is 31.7. The van der Waals surface area contributed by atoms with E-state index in [9.17, 15) is 9.90 Å². The van der Waals surface area contributed by atoms with Crippen molar-refractivity contribution < 1.29 is 14.3 Å². The molecule has 1 fully saturated rings. The van der Waals surface area contributed by atoms with Crippen LogP contribution in [0, 0.1) is 17.8 Å². The third-order valence-electron chi connectivity index (χ3n) is 9.32. The van der Waals surface area contributed by atoms with Gasteiger partial charge in [0.05, 0.1) is 12.0 Å². The molecule has 2 aliphatic carbocycles. The van der Waals surface area contributed by atoms with Crippen LogP contribution in [0.4, 0.5) is 0 Å². The number of rotatable bonds is 15. The van der Waals surface area contributed by atoms with Crippen LogP contribution >= 0.6 is 0 Å². The first-order valence-corrected chi connectivity index (χ1v) is 18.0. The van der Waals surface area contributed by atoms with E-state index in [1.165, 1.54) is 28.8 Å². The number of allylic oxidation sites excluding steroid dienone is 3. The maximum Gasteiger partial charge on any atom is 0.261 e. The van der Waals surface area contributed by atoms with E-state index in [2.05, 4.69) is 101 Å². The molecule has 4 heteroatoms. The summed E-state index contributed by atoms with van der Waals surface area (Å²) in [5.74, 6) is 0.632. The van der Waals surface area contributed by atoms with Crippen LogP contribution in [0.1, 0.15) is 91.9 Å². The number of aliphatic hydroxyl groups excluding tert-OH is 1. The predicted molar refractivity (Wildman–Crippen MR) is 174 cm³/mol. The molecule has 2 aliphatic rings. The average Bonchev–Trinajstić information content (AvgIpc) is 3.48. The third kappa shape index (κ3) is 7.58. The number of ketones is 1. The minimum Gasteiger partial charge on any atom is -0.407 e. The fourth-order valence-electron chi connectivity index (χ4n) is 7.27. The molecule has 0 bridgehead atoms. The Bertz CT molecular complexity index is 1110. The maximum absolute atomic E-state index is 12.7. The molecule has 41 heavy (non-hydrogen) atoms. The quantitative estimate of drug-likeness (QED) is 0.135. The molecular weight excluding hydrogens is 520 g/mol. The van der Waals surface area contributed by atoms with Crippen molar-refractivity contribution in [1.29, 1.82) is 0 Å². The van der Waals surface area contributed by atoms with Crippen LogP contribution in [0.25, 0.3) is 0 Å². The molecule has 4 rings (SSSR count). The van der Waals surface area contributed by atoms with Gasteiger partial charge in [0, 0.05) is 13.0 Å². The molecule has 222 valence electrons. The number of carbonyl (C=O) groups excluding carboxylic acids is 1. The largest absolute Gasteiger partial charge is 0.407 e. The fourth-order valence-corrected chi connectivity index (χ4v) is 11.9. The van der Waals surface area contributed by atoms with E-state index in [1.54, 1.807) is 0 Å². The number of Topliss-reactive ketones (excluding diaryl/α,β-unsaturated/α-hetero) is 1. The Hall–Kier alpha value is -2.27. The highest BCUT2D eigenvalue weighted by molar-refractivity contribution is 6.99. The molecular formula is C37H52O3Si. The molecule has 0 aromatic heterocycles. The van der Waals surface area contributed by atoms with Crippen LogP contribution in [-0.2, 0) is 9.22 Å². The van der Waals surface area contributed by atoms with Gasteiger partial charge in [-0.05, 0) is 65.8 Å². The smallest absolute Gasteiger partial charge is 0.261 e. The van der Waals surface area contributed by atoms with Gasteiger partial charge >= 0.3 is 0 Å². The molecule has 2 aromatic rings. The van der Waals surface area contributed by atoms with Crippen molar-refractivity contribution in [2.24, 2.45) is 17.8 Å². The van der Waals surface area contributed by atoms with Crippen LogP contribution in [0.15, 0.2) is 84.5 Å². The molecule has 1 N–H and O–H groups in total. The van der Waals surface area contributed by atoms with Crippen molar-refractivity contribution in [2.45, 2.75) is 103 Å². The van der Waals surface area contributed by atoms with E-state index >= 15 is 0 Å². The zero-order valence-electron chi connectivity index (χ0n) is 25.9. The fraction of sp³-hybridized carbons (Fsp3) is 0.541. The monoisotopic (exact) mass is 572 g/mol. The van der Waals surface area contributed by atoms with Gasteiger partial charge in [-0.25, -0.2) is 0 Å². The Balaban J connectivity index is 1.29. The third-order valence-corrected chi connectivity index (χ3v) is 14.4. The molecule has 1 saturated carbocycles. The summed E-state index contributed by atoms with van der Waals surface area (Å²) in [5, 5.41) is 13.5. The van der Waals surface area contributed by atoms with Crippen molar-refractivity contribution >= 4 is 24.5 Å². The van der Waals surface area contributed by atoms with Gasteiger partial charge < -0.3 is 9.53 Å². The van der Waals surface area contributed by atoms with Crippen molar-refractivity contribution in [3.8, 4) is 0 Å². The molecule has 0 heterocycles. The van der Waals surface area contributed by atoms with Gasteiger partial charge in [-0.1, -0.05) is 131 Å². The van der Waals surface area contributed by atoms with Crippen molar-refractivity contribution in [1.82, 2.24) is 0 Å². The van der Waals surface area contributed by atoms with Crippen molar-refractivity contribution in [2.75, 3.05) is 6.61 Å². The second-order valence-corrected chi connectivity index (χ2v) is 17.6. The summed E-state index contributed by atoms with van der Waals surface area (Å²) in [6.07, 6.45) is 16.3. The number of hydrogen-bond donors (Lipinski definition) is 1. The van der Waals surface area contributed by atoms with Gasteiger partial charge in [-0.15, -0.1) is 0 Å². The van der Waals surface area contributed by atoms with Gasteiger partial charge in [0.25, 0.3) is 8.32 Å². The SMILES string of the molecule is CCCCC/C=C/[C@H](O)[C@H]1C(=O)C[C@@H]2C=C(CCCCCO[Si](c3ccccc3)(c3ccccc3)C(C)(C)C)C[C@H]12. The Morgan fingerprint density at radius 3 is 2.20 bits per heavy atom. The average molecular weight is 573 g/mol. The first-order valence-electron chi connectivity index (χ1n) is 16.1. The Kier molecular flexibility index (Phi) is 11.4. The summed E-state index contributed by atoms with van der Waals surface area (Å²) in [6, 6.07) is 21.8. The normalized spacial score (nSPS) is 21.8. The number of fused-ring (bicyclic) bond motifs is 1. The molecule has 0 aliphatic heterocycles. The molecule has 0 radical (unpaired) electrons. The summed E-state index contributed by atoms with van der Waals surface area (Å²) in [6.45, 7) is 9.97. The topological polar surface area (TPSA) is 46.5 Å². The van der Waals surface area contributed by atoms with Gasteiger partial charge in [0.2, 0.25) is 0 Å². The molecule has 0 saturated heterocycles. The van der Waals surface area contributed by atoms with E-state index < -0.39 is 14.4 Å². The van der Waals surface area contributed by atoms with Crippen LogP contribution < -0.4 is 10.4 Å². The Morgan fingerprint density at radius 1 is 0.927 bits per heavy atom. The molecule has 0 spiro atoms. The van der Waals surface area contributed by atoms with E-state index in [0.717, 1.165) is 51.6 Å². The molecule has 0 unspecified atom stereocenters. The van der Waals surface area contributed by atoms with Gasteiger partial charge in [-0.2, -0.15) is 0 Å². The van der Waals surface area contributed by atoms with Crippen LogP contribution in [-0.4, -0.2) is 31.9 Å². The number of hydrogen-bond acceptors (Lipinski definition) is 3. The van der Waals surface area contributed by atoms with Crippen LogP contribution in [0.3, 0.4) is 0 Å². The summed E-state index contributed by atoms with van der Waals surface area (Å²) >= 11 is 0. The highest BCUT2D eigenvalue weighted by Crippen LogP contribution is 2.47. The van der Waals surface area contributed by atoms with Crippen LogP contribution in [0.2, 0.25) is 5.04 Å². The summed E-state index contributed by atoms with van der Waals surface area (Å²) in [7, 11) is -2.46. The van der Waals surface area contributed by atoms with E-state index in [0.29, 0.717) is 12.3 Å². The molecule has 4 atom stereocenters. The lowest BCUT2D eigenvalue weighted by Gasteiger charge is -2.43. The van der Waals surface area contributed by atoms with Gasteiger partial charge in [0.15, 0.2) is 0 Å². The number of carbonyl (C=O) groups is 1. The van der Waals surface area contributed by atoms with Gasteiger partial charge in [-0.3, -0.25) is 4.79 Å². The van der Waals surface area contributed by atoms with E-state index in [4.69, 9.17) is 4.43 Å². The van der Waals surface area contributed by atoms with E-state index in [-0.39, 0.29) is 22.7 Å². The highest BCUT2D eigenvalue weighted by atomic mass is 28.4. The number of unbranched alkanes of at least 4 members (excludes halogenated alkanes) is 5. The second kappa shape index (κ2) is 14.8. The lowest BCUT2D eigenvalue weighted by atomic mass is 9.85. The van der Waals surface area contributed by atoms with Crippen molar-refractivity contribution in [3.05, 3.63) is 84.5 Å². The molecule has 0 amide bonds. The van der Waals surface area contributed by atoms with Crippen LogP contribution in [0.5, 0.6) is 0 Å². The predicted octanol–water partition coefficient (Wildman–Crippen LogP) is 7.77.